The Bertz CT molecular complexity index is 307. The number of hydrogen-bond acceptors (Lipinski definition) is 3. The van der Waals surface area contributed by atoms with Gasteiger partial charge in [0, 0.05) is 12.0 Å². The summed E-state index contributed by atoms with van der Waals surface area (Å²) in [6.45, 7) is 8.92. The molecule has 2 atom stereocenters. The summed E-state index contributed by atoms with van der Waals surface area (Å²) < 4.78 is 0.600. The van der Waals surface area contributed by atoms with Crippen LogP contribution in [0.2, 0.25) is 0 Å². The first-order chi connectivity index (χ1) is 6.60. The second kappa shape index (κ2) is 4.17. The quantitative estimate of drug-likeness (QED) is 0.168. The Morgan fingerprint density at radius 3 is 2.71 bits per heavy atom. The standard InChI is InChI=1S/C10H14N2O2/c1-4-8-5-9(11-13)7(2)10(6-8)12(3)14/h4,9-10H,2-3,5-6H2,1H3/b8-4-/t9-,10-/m1/s1. The second-order valence-corrected chi connectivity index (χ2v) is 3.48. The molecule has 4 heteroatoms. The van der Waals surface area contributed by atoms with Crippen LogP contribution in [0.4, 0.5) is 0 Å². The predicted molar refractivity (Wildman–Crippen MR) is 56.3 cm³/mol. The first-order valence-electron chi connectivity index (χ1n) is 4.52. The van der Waals surface area contributed by atoms with Gasteiger partial charge in [-0.15, -0.1) is 0 Å². The van der Waals surface area contributed by atoms with Crippen molar-refractivity contribution in [1.29, 1.82) is 0 Å². The molecule has 0 bridgehead atoms. The molecule has 0 heterocycles. The van der Waals surface area contributed by atoms with Gasteiger partial charge >= 0.3 is 0 Å². The zero-order valence-electron chi connectivity index (χ0n) is 8.27. The van der Waals surface area contributed by atoms with Crippen LogP contribution in [0.3, 0.4) is 0 Å². The summed E-state index contributed by atoms with van der Waals surface area (Å²) in [5, 5.41) is 14.1. The predicted octanol–water partition coefficient (Wildman–Crippen LogP) is 2.00. The molecule has 0 aromatic carbocycles. The van der Waals surface area contributed by atoms with E-state index in [0.717, 1.165) is 5.57 Å². The summed E-state index contributed by atoms with van der Waals surface area (Å²) in [5.41, 5.74) is 1.65. The third-order valence-electron chi connectivity index (χ3n) is 2.65. The molecule has 1 rings (SSSR count). The van der Waals surface area contributed by atoms with E-state index in [2.05, 4.69) is 18.5 Å². The van der Waals surface area contributed by atoms with E-state index in [0.29, 0.717) is 23.2 Å². The normalized spacial score (nSPS) is 30.4. The van der Waals surface area contributed by atoms with Crippen LogP contribution in [-0.4, -0.2) is 23.5 Å². The van der Waals surface area contributed by atoms with Crippen molar-refractivity contribution in [3.8, 4) is 0 Å². The summed E-state index contributed by atoms with van der Waals surface area (Å²) in [5.74, 6) is 0. The fourth-order valence-electron chi connectivity index (χ4n) is 1.69. The summed E-state index contributed by atoms with van der Waals surface area (Å²) in [6.07, 6.45) is 3.11. The van der Waals surface area contributed by atoms with Gasteiger partial charge in [-0.05, 0) is 13.3 Å². The van der Waals surface area contributed by atoms with Gasteiger partial charge in [-0.25, -0.2) is 4.74 Å². The second-order valence-electron chi connectivity index (χ2n) is 3.48. The van der Waals surface area contributed by atoms with E-state index < -0.39 is 12.1 Å². The van der Waals surface area contributed by atoms with E-state index in [9.17, 15) is 10.1 Å². The third-order valence-corrected chi connectivity index (χ3v) is 2.65. The van der Waals surface area contributed by atoms with Crippen molar-refractivity contribution in [2.24, 2.45) is 5.18 Å². The van der Waals surface area contributed by atoms with Crippen LogP contribution >= 0.6 is 0 Å². The average Bonchev–Trinajstić information content (AvgIpc) is 2.17. The molecular weight excluding hydrogens is 180 g/mol. The molecule has 14 heavy (non-hydrogen) atoms. The molecule has 0 aromatic heterocycles. The molecule has 4 nitrogen and oxygen atoms in total. The van der Waals surface area contributed by atoms with Crippen molar-refractivity contribution in [3.05, 3.63) is 33.9 Å². The molecule has 1 fully saturated rings. The summed E-state index contributed by atoms with van der Waals surface area (Å²) in [6, 6.07) is -0.879. The van der Waals surface area contributed by atoms with Crippen LogP contribution in [0.25, 0.3) is 0 Å². The molecule has 0 saturated heterocycles. The number of hydrogen-bond donors (Lipinski definition) is 0. The van der Waals surface area contributed by atoms with Gasteiger partial charge in [0.05, 0.1) is 0 Å². The monoisotopic (exact) mass is 194 g/mol. The molecule has 1 saturated carbocycles. The Morgan fingerprint density at radius 2 is 2.29 bits per heavy atom. The van der Waals surface area contributed by atoms with E-state index in [-0.39, 0.29) is 0 Å². The average molecular weight is 194 g/mol. The van der Waals surface area contributed by atoms with Gasteiger partial charge in [0.25, 0.3) is 0 Å². The van der Waals surface area contributed by atoms with Gasteiger partial charge in [0.15, 0.2) is 6.04 Å². The highest BCUT2D eigenvalue weighted by molar-refractivity contribution is 5.27. The highest BCUT2D eigenvalue weighted by Gasteiger charge is 2.33. The fraction of sp³-hybridized carbons (Fsp3) is 0.500. The van der Waals surface area contributed by atoms with Crippen molar-refractivity contribution in [2.75, 3.05) is 0 Å². The van der Waals surface area contributed by atoms with E-state index in [1.807, 2.05) is 13.0 Å². The SMILES string of the molecule is C=C1[C@H]([N+](=C)[O-])C/C(=C\C)C[C@H]1N=O. The number of hydroxylamine groups is 1. The van der Waals surface area contributed by atoms with Gasteiger partial charge < -0.3 is 5.21 Å². The minimum Gasteiger partial charge on any atom is -0.624 e. The smallest absolute Gasteiger partial charge is 0.189 e. The van der Waals surface area contributed by atoms with Gasteiger partial charge in [-0.3, -0.25) is 0 Å². The van der Waals surface area contributed by atoms with Gasteiger partial charge in [-0.2, -0.15) is 4.91 Å². The van der Waals surface area contributed by atoms with Crippen LogP contribution in [0.1, 0.15) is 19.8 Å². The maximum atomic E-state index is 11.1. The summed E-state index contributed by atoms with van der Waals surface area (Å²) in [7, 11) is 0. The van der Waals surface area contributed by atoms with Gasteiger partial charge in [-0.1, -0.05) is 23.4 Å². The Kier molecular flexibility index (Phi) is 3.17. The van der Waals surface area contributed by atoms with Crippen molar-refractivity contribution in [2.45, 2.75) is 31.8 Å². The molecule has 76 valence electrons. The lowest BCUT2D eigenvalue weighted by Crippen LogP contribution is -2.33. The number of rotatable bonds is 2. The first-order valence-corrected chi connectivity index (χ1v) is 4.52. The molecule has 0 unspecified atom stereocenters. The number of nitroso groups, excluding NO2 is 1. The van der Waals surface area contributed by atoms with E-state index in [1.54, 1.807) is 0 Å². The number of allylic oxidation sites excluding steroid dienone is 1. The Morgan fingerprint density at radius 1 is 1.64 bits per heavy atom. The zero-order valence-corrected chi connectivity index (χ0v) is 8.27. The van der Waals surface area contributed by atoms with Crippen molar-refractivity contribution >= 4 is 6.72 Å². The molecule has 1 aliphatic rings. The minimum atomic E-state index is -0.474. The molecule has 0 amide bonds. The maximum Gasteiger partial charge on any atom is 0.189 e. The third kappa shape index (κ3) is 1.89. The largest absolute Gasteiger partial charge is 0.624 e. The molecule has 0 aromatic rings. The highest BCUT2D eigenvalue weighted by Crippen LogP contribution is 2.30. The maximum absolute atomic E-state index is 11.1. The lowest BCUT2D eigenvalue weighted by Gasteiger charge is -2.27. The molecule has 0 aliphatic heterocycles. The van der Waals surface area contributed by atoms with Crippen LogP contribution in [0.5, 0.6) is 0 Å². The van der Waals surface area contributed by atoms with Crippen molar-refractivity contribution in [3.63, 3.8) is 0 Å². The fourth-order valence-corrected chi connectivity index (χ4v) is 1.69. The molecule has 0 N–H and O–H groups in total. The highest BCUT2D eigenvalue weighted by atomic mass is 16.5. The van der Waals surface area contributed by atoms with Crippen LogP contribution in [0.15, 0.2) is 29.0 Å². The molecular formula is C10H14N2O2. The zero-order chi connectivity index (χ0) is 10.7. The van der Waals surface area contributed by atoms with Crippen molar-refractivity contribution < 1.29 is 4.74 Å². The lowest BCUT2D eigenvalue weighted by atomic mass is 9.84. The minimum absolute atomic E-state index is 0.405. The Balaban J connectivity index is 2.92. The molecule has 0 spiro atoms. The van der Waals surface area contributed by atoms with Gasteiger partial charge in [0.1, 0.15) is 12.8 Å². The van der Waals surface area contributed by atoms with E-state index in [1.165, 1.54) is 0 Å². The summed E-state index contributed by atoms with van der Waals surface area (Å²) in [4.78, 5) is 10.5. The first kappa shape index (κ1) is 10.6. The molecule has 1 aliphatic carbocycles. The lowest BCUT2D eigenvalue weighted by molar-refractivity contribution is -0.482. The van der Waals surface area contributed by atoms with Crippen LogP contribution in [-0.2, 0) is 0 Å². The Labute approximate surface area is 83.2 Å². The Hall–Kier alpha value is -1.45. The van der Waals surface area contributed by atoms with Crippen LogP contribution < -0.4 is 0 Å². The van der Waals surface area contributed by atoms with Crippen molar-refractivity contribution in [1.82, 2.24) is 0 Å². The number of nitrogens with zero attached hydrogens (tertiary/aromatic N) is 2. The van der Waals surface area contributed by atoms with E-state index >= 15 is 0 Å². The van der Waals surface area contributed by atoms with E-state index in [4.69, 9.17) is 0 Å². The van der Waals surface area contributed by atoms with Gasteiger partial charge in [0.2, 0.25) is 0 Å². The van der Waals surface area contributed by atoms with Crippen LogP contribution in [0, 0.1) is 10.1 Å². The topological polar surface area (TPSA) is 55.5 Å². The molecule has 0 radical (unpaired) electrons. The summed E-state index contributed by atoms with van der Waals surface area (Å²) >= 11 is 0.